The van der Waals surface area contributed by atoms with E-state index in [9.17, 15) is 4.79 Å². The molecular weight excluding hydrogens is 352 g/mol. The molecule has 0 spiro atoms. The van der Waals surface area contributed by atoms with Gasteiger partial charge in [-0.15, -0.1) is 0 Å². The Bertz CT molecular complexity index is 798. The molecule has 1 saturated heterocycles. The van der Waals surface area contributed by atoms with Gasteiger partial charge < -0.3 is 9.42 Å². The van der Waals surface area contributed by atoms with Crippen LogP contribution >= 0.6 is 0 Å². The lowest BCUT2D eigenvalue weighted by molar-refractivity contribution is -0.139. The molecule has 1 amide bonds. The van der Waals surface area contributed by atoms with Gasteiger partial charge in [-0.2, -0.15) is 0 Å². The highest BCUT2D eigenvalue weighted by molar-refractivity contribution is 5.79. The van der Waals surface area contributed by atoms with Gasteiger partial charge in [0, 0.05) is 31.1 Å². The lowest BCUT2D eigenvalue weighted by atomic mass is 9.92. The molecule has 2 aromatic rings. The number of carbonyl (C=O) groups is 1. The minimum atomic E-state index is -0.0270. The quantitative estimate of drug-likeness (QED) is 0.680. The lowest BCUT2D eigenvalue weighted by Crippen LogP contribution is -2.42. The van der Waals surface area contributed by atoms with Crippen molar-refractivity contribution in [3.8, 4) is 11.3 Å². The van der Waals surface area contributed by atoms with E-state index in [0.717, 1.165) is 74.3 Å². The number of aromatic nitrogens is 3. The second-order valence-electron chi connectivity index (χ2n) is 7.72. The van der Waals surface area contributed by atoms with Crippen LogP contribution in [-0.2, 0) is 11.2 Å². The van der Waals surface area contributed by atoms with Gasteiger partial charge in [-0.1, -0.05) is 25.9 Å². The SMILES string of the molecule is CCCc1ncc(-c2cc(C)no2)c([C@H]2CCCCN2C(=O)C(CC)CC)n1. The summed E-state index contributed by atoms with van der Waals surface area (Å²) >= 11 is 0. The Kier molecular flexibility index (Phi) is 6.81. The second-order valence-corrected chi connectivity index (χ2v) is 7.72. The number of hydrogen-bond acceptors (Lipinski definition) is 5. The molecule has 0 unspecified atom stereocenters. The summed E-state index contributed by atoms with van der Waals surface area (Å²) in [5.41, 5.74) is 2.59. The Morgan fingerprint density at radius 3 is 2.71 bits per heavy atom. The highest BCUT2D eigenvalue weighted by Gasteiger charge is 2.34. The summed E-state index contributed by atoms with van der Waals surface area (Å²) in [5, 5.41) is 4.04. The predicted molar refractivity (Wildman–Crippen MR) is 109 cm³/mol. The summed E-state index contributed by atoms with van der Waals surface area (Å²) in [6, 6.07) is 1.89. The average molecular weight is 385 g/mol. The maximum atomic E-state index is 13.3. The summed E-state index contributed by atoms with van der Waals surface area (Å²) in [7, 11) is 0. The Morgan fingerprint density at radius 2 is 2.07 bits per heavy atom. The molecule has 1 fully saturated rings. The number of piperidine rings is 1. The fourth-order valence-corrected chi connectivity index (χ4v) is 4.06. The molecule has 2 aromatic heterocycles. The molecule has 0 aliphatic carbocycles. The molecule has 0 aromatic carbocycles. The van der Waals surface area contributed by atoms with Crippen molar-refractivity contribution in [3.05, 3.63) is 29.5 Å². The van der Waals surface area contributed by atoms with E-state index in [-0.39, 0.29) is 17.9 Å². The van der Waals surface area contributed by atoms with Gasteiger partial charge in [0.05, 0.1) is 23.0 Å². The molecule has 6 nitrogen and oxygen atoms in total. The van der Waals surface area contributed by atoms with Crippen LogP contribution in [-0.4, -0.2) is 32.5 Å². The largest absolute Gasteiger partial charge is 0.356 e. The summed E-state index contributed by atoms with van der Waals surface area (Å²) in [6.45, 7) is 9.01. The van der Waals surface area contributed by atoms with Crippen molar-refractivity contribution in [2.75, 3.05) is 6.54 Å². The van der Waals surface area contributed by atoms with Crippen LogP contribution in [0.15, 0.2) is 16.8 Å². The summed E-state index contributed by atoms with van der Waals surface area (Å²) < 4.78 is 5.53. The van der Waals surface area contributed by atoms with Gasteiger partial charge in [-0.3, -0.25) is 4.79 Å². The first-order valence-electron chi connectivity index (χ1n) is 10.7. The van der Waals surface area contributed by atoms with Gasteiger partial charge >= 0.3 is 0 Å². The molecule has 0 radical (unpaired) electrons. The summed E-state index contributed by atoms with van der Waals surface area (Å²) in [5.74, 6) is 1.84. The van der Waals surface area contributed by atoms with Crippen LogP contribution in [0.2, 0.25) is 0 Å². The first-order chi connectivity index (χ1) is 13.6. The Balaban J connectivity index is 2.04. The minimum Gasteiger partial charge on any atom is -0.356 e. The molecule has 0 bridgehead atoms. The zero-order valence-electron chi connectivity index (χ0n) is 17.6. The van der Waals surface area contributed by atoms with Crippen molar-refractivity contribution in [2.45, 2.75) is 78.7 Å². The molecule has 1 aliphatic heterocycles. The van der Waals surface area contributed by atoms with Crippen LogP contribution < -0.4 is 0 Å². The van der Waals surface area contributed by atoms with Crippen LogP contribution in [0.3, 0.4) is 0 Å². The normalized spacial score (nSPS) is 17.3. The molecule has 1 aliphatic rings. The predicted octanol–water partition coefficient (Wildman–Crippen LogP) is 4.88. The molecular formula is C22H32N4O2. The number of carbonyl (C=O) groups excluding carboxylic acids is 1. The maximum absolute atomic E-state index is 13.3. The third-order valence-electron chi connectivity index (χ3n) is 5.67. The molecule has 0 N–H and O–H groups in total. The summed E-state index contributed by atoms with van der Waals surface area (Å²) in [6.07, 6.45) is 8.48. The van der Waals surface area contributed by atoms with Crippen LogP contribution in [0.4, 0.5) is 0 Å². The molecule has 1 atom stereocenters. The highest BCUT2D eigenvalue weighted by Crippen LogP contribution is 2.37. The van der Waals surface area contributed by atoms with Crippen LogP contribution in [0.5, 0.6) is 0 Å². The van der Waals surface area contributed by atoms with E-state index in [1.54, 1.807) is 0 Å². The van der Waals surface area contributed by atoms with Gasteiger partial charge in [0.25, 0.3) is 0 Å². The van der Waals surface area contributed by atoms with E-state index in [2.05, 4.69) is 35.8 Å². The zero-order chi connectivity index (χ0) is 20.1. The molecule has 0 saturated carbocycles. The zero-order valence-corrected chi connectivity index (χ0v) is 17.6. The van der Waals surface area contributed by atoms with Crippen molar-refractivity contribution in [1.29, 1.82) is 0 Å². The number of rotatable bonds is 7. The van der Waals surface area contributed by atoms with E-state index in [4.69, 9.17) is 9.51 Å². The van der Waals surface area contributed by atoms with Crippen LogP contribution in [0.25, 0.3) is 11.3 Å². The smallest absolute Gasteiger partial charge is 0.226 e. The number of nitrogens with zero attached hydrogens (tertiary/aromatic N) is 4. The van der Waals surface area contributed by atoms with Crippen molar-refractivity contribution < 1.29 is 9.32 Å². The van der Waals surface area contributed by atoms with Crippen molar-refractivity contribution >= 4 is 5.91 Å². The van der Waals surface area contributed by atoms with E-state index in [0.29, 0.717) is 5.76 Å². The van der Waals surface area contributed by atoms with E-state index in [1.165, 1.54) is 0 Å². The van der Waals surface area contributed by atoms with E-state index in [1.807, 2.05) is 19.2 Å². The number of likely N-dealkylation sites (tertiary alicyclic amines) is 1. The second kappa shape index (κ2) is 9.30. The Morgan fingerprint density at radius 1 is 1.29 bits per heavy atom. The molecule has 152 valence electrons. The van der Waals surface area contributed by atoms with Gasteiger partial charge in [0.2, 0.25) is 5.91 Å². The number of aryl methyl sites for hydroxylation is 2. The third-order valence-corrected chi connectivity index (χ3v) is 5.67. The third kappa shape index (κ3) is 4.26. The fourth-order valence-electron chi connectivity index (χ4n) is 4.06. The van der Waals surface area contributed by atoms with Crippen molar-refractivity contribution in [3.63, 3.8) is 0 Å². The Labute approximate surface area is 167 Å². The van der Waals surface area contributed by atoms with E-state index >= 15 is 0 Å². The van der Waals surface area contributed by atoms with Gasteiger partial charge in [0.15, 0.2) is 5.76 Å². The topological polar surface area (TPSA) is 72.1 Å². The van der Waals surface area contributed by atoms with Gasteiger partial charge in [-0.25, -0.2) is 9.97 Å². The molecule has 3 rings (SSSR count). The van der Waals surface area contributed by atoms with Crippen molar-refractivity contribution in [1.82, 2.24) is 20.0 Å². The highest BCUT2D eigenvalue weighted by atomic mass is 16.5. The molecule has 6 heteroatoms. The Hall–Kier alpha value is -2.24. The van der Waals surface area contributed by atoms with Crippen molar-refractivity contribution in [2.24, 2.45) is 5.92 Å². The average Bonchev–Trinajstić information content (AvgIpc) is 3.15. The number of hydrogen-bond donors (Lipinski definition) is 0. The first-order valence-corrected chi connectivity index (χ1v) is 10.7. The van der Waals surface area contributed by atoms with Gasteiger partial charge in [-0.05, 0) is 45.4 Å². The maximum Gasteiger partial charge on any atom is 0.226 e. The van der Waals surface area contributed by atoms with Crippen LogP contribution in [0, 0.1) is 12.8 Å². The first kappa shape index (κ1) is 20.5. The fraction of sp³-hybridized carbons (Fsp3) is 0.636. The summed E-state index contributed by atoms with van der Waals surface area (Å²) in [4.78, 5) is 24.8. The molecule has 3 heterocycles. The van der Waals surface area contributed by atoms with Crippen LogP contribution in [0.1, 0.15) is 82.6 Å². The number of amides is 1. The standard InChI is InChI=1S/C22H32N4O2/c1-5-10-20-23-14-17(19-13-15(4)25-28-19)21(24-20)18-11-8-9-12-26(18)22(27)16(6-2)7-3/h13-14,16,18H,5-12H2,1-4H3/t18-/m1/s1. The lowest BCUT2D eigenvalue weighted by Gasteiger charge is -2.38. The van der Waals surface area contributed by atoms with Gasteiger partial charge in [0.1, 0.15) is 5.82 Å². The van der Waals surface area contributed by atoms with E-state index < -0.39 is 0 Å². The molecule has 28 heavy (non-hydrogen) atoms. The minimum absolute atomic E-state index is 0.0270. The monoisotopic (exact) mass is 384 g/mol.